The van der Waals surface area contributed by atoms with E-state index in [1.54, 1.807) is 13.0 Å². The van der Waals surface area contributed by atoms with Crippen LogP contribution in [0.15, 0.2) is 54.3 Å². The van der Waals surface area contributed by atoms with Crippen LogP contribution < -0.4 is 4.74 Å². The maximum Gasteiger partial charge on any atom is 0.314 e. The van der Waals surface area contributed by atoms with E-state index in [1.165, 1.54) is 6.07 Å². The molecule has 2 aromatic rings. The van der Waals surface area contributed by atoms with Gasteiger partial charge in [0.05, 0.1) is 11.0 Å². The summed E-state index contributed by atoms with van der Waals surface area (Å²) < 4.78 is 18.4. The molecule has 2 rings (SSSR count). The Kier molecular flexibility index (Phi) is 4.10. The Balaban J connectivity index is 2.26. The first-order valence-electron chi connectivity index (χ1n) is 5.91. The van der Waals surface area contributed by atoms with Crippen molar-refractivity contribution in [2.24, 2.45) is 0 Å². The van der Waals surface area contributed by atoms with Crippen LogP contribution in [0.4, 0.5) is 10.1 Å². The zero-order chi connectivity index (χ0) is 14.5. The molecule has 0 aromatic heterocycles. The topological polar surface area (TPSA) is 52.4 Å². The third-order valence-electron chi connectivity index (χ3n) is 2.56. The summed E-state index contributed by atoms with van der Waals surface area (Å²) in [4.78, 5) is 10.2. The second kappa shape index (κ2) is 5.97. The van der Waals surface area contributed by atoms with Crippen molar-refractivity contribution in [2.75, 3.05) is 0 Å². The predicted octanol–water partition coefficient (Wildman–Crippen LogP) is 4.17. The first-order chi connectivity index (χ1) is 9.56. The molecule has 0 aliphatic heterocycles. The van der Waals surface area contributed by atoms with Gasteiger partial charge >= 0.3 is 5.69 Å². The summed E-state index contributed by atoms with van der Waals surface area (Å²) in [5.41, 5.74) is 0.514. The van der Waals surface area contributed by atoms with Gasteiger partial charge in [0, 0.05) is 0 Å². The highest BCUT2D eigenvalue weighted by Crippen LogP contribution is 2.29. The highest BCUT2D eigenvalue weighted by molar-refractivity contribution is 5.53. The Labute approximate surface area is 115 Å². The van der Waals surface area contributed by atoms with Gasteiger partial charge in [-0.1, -0.05) is 30.3 Å². The van der Waals surface area contributed by atoms with Crippen molar-refractivity contribution in [1.82, 2.24) is 0 Å². The van der Waals surface area contributed by atoms with E-state index in [0.717, 1.165) is 17.7 Å². The zero-order valence-electron chi connectivity index (χ0n) is 10.7. The van der Waals surface area contributed by atoms with Crippen molar-refractivity contribution in [1.29, 1.82) is 0 Å². The standard InChI is InChI=1S/C15H12FNO3/c1-11(9-12-5-3-2-4-6-12)20-15-8-7-13(16)10-14(15)17(18)19/h2-10H,1H3. The van der Waals surface area contributed by atoms with E-state index in [9.17, 15) is 14.5 Å². The largest absolute Gasteiger partial charge is 0.455 e. The average Bonchev–Trinajstić information content (AvgIpc) is 2.41. The summed E-state index contributed by atoms with van der Waals surface area (Å²) >= 11 is 0. The quantitative estimate of drug-likeness (QED) is 0.477. The molecule has 0 saturated heterocycles. The molecule has 0 aliphatic rings. The van der Waals surface area contributed by atoms with Crippen molar-refractivity contribution < 1.29 is 14.1 Å². The molecule has 0 aliphatic carbocycles. The smallest absolute Gasteiger partial charge is 0.314 e. The molecular formula is C15H12FNO3. The molecule has 2 aromatic carbocycles. The van der Waals surface area contributed by atoms with E-state index in [0.29, 0.717) is 5.76 Å². The number of benzene rings is 2. The SMILES string of the molecule is CC(=Cc1ccccc1)Oc1ccc(F)cc1[N+](=O)[O-]. The minimum Gasteiger partial charge on any atom is -0.455 e. The first kappa shape index (κ1) is 13.7. The van der Waals surface area contributed by atoms with Crippen LogP contribution in [0.25, 0.3) is 6.08 Å². The van der Waals surface area contributed by atoms with Crippen LogP contribution in [0.3, 0.4) is 0 Å². The number of nitro groups is 1. The molecule has 4 nitrogen and oxygen atoms in total. The second-order valence-electron chi connectivity index (χ2n) is 4.14. The normalized spacial score (nSPS) is 11.2. The van der Waals surface area contributed by atoms with E-state index in [4.69, 9.17) is 4.74 Å². The first-order valence-corrected chi connectivity index (χ1v) is 5.91. The van der Waals surface area contributed by atoms with Crippen LogP contribution in [0.5, 0.6) is 5.75 Å². The Morgan fingerprint density at radius 2 is 1.95 bits per heavy atom. The van der Waals surface area contributed by atoms with Gasteiger partial charge in [-0.2, -0.15) is 0 Å². The van der Waals surface area contributed by atoms with Gasteiger partial charge in [0.2, 0.25) is 5.75 Å². The van der Waals surface area contributed by atoms with Crippen LogP contribution in [0.1, 0.15) is 12.5 Å². The number of hydrogen-bond acceptors (Lipinski definition) is 3. The van der Waals surface area contributed by atoms with Crippen LogP contribution in [0.2, 0.25) is 0 Å². The molecular weight excluding hydrogens is 261 g/mol. The van der Waals surface area contributed by atoms with Crippen molar-refractivity contribution in [3.8, 4) is 5.75 Å². The molecule has 0 fully saturated rings. The van der Waals surface area contributed by atoms with E-state index in [-0.39, 0.29) is 5.75 Å². The molecule has 5 heteroatoms. The van der Waals surface area contributed by atoms with E-state index in [1.807, 2.05) is 30.3 Å². The van der Waals surface area contributed by atoms with Crippen molar-refractivity contribution >= 4 is 11.8 Å². The molecule has 0 bridgehead atoms. The monoisotopic (exact) mass is 273 g/mol. The number of ether oxygens (including phenoxy) is 1. The summed E-state index contributed by atoms with van der Waals surface area (Å²) in [7, 11) is 0. The van der Waals surface area contributed by atoms with Gasteiger partial charge in [-0.15, -0.1) is 0 Å². The molecule has 0 spiro atoms. The van der Waals surface area contributed by atoms with Crippen LogP contribution in [-0.2, 0) is 0 Å². The van der Waals surface area contributed by atoms with E-state index in [2.05, 4.69) is 0 Å². The Morgan fingerprint density at radius 3 is 2.60 bits per heavy atom. The lowest BCUT2D eigenvalue weighted by molar-refractivity contribution is -0.385. The van der Waals surface area contributed by atoms with Gasteiger partial charge in [0.15, 0.2) is 0 Å². The maximum absolute atomic E-state index is 13.0. The molecule has 0 radical (unpaired) electrons. The molecule has 102 valence electrons. The molecule has 0 unspecified atom stereocenters. The van der Waals surface area contributed by atoms with Gasteiger partial charge in [0.1, 0.15) is 11.6 Å². The van der Waals surface area contributed by atoms with E-state index < -0.39 is 16.4 Å². The fourth-order valence-electron chi connectivity index (χ4n) is 1.71. The third kappa shape index (κ3) is 3.41. The molecule has 0 heterocycles. The number of allylic oxidation sites excluding steroid dienone is 1. The average molecular weight is 273 g/mol. The summed E-state index contributed by atoms with van der Waals surface area (Å²) in [5, 5.41) is 10.9. The van der Waals surface area contributed by atoms with Crippen LogP contribution in [-0.4, -0.2) is 4.92 Å². The van der Waals surface area contributed by atoms with Crippen molar-refractivity contribution in [3.63, 3.8) is 0 Å². The van der Waals surface area contributed by atoms with E-state index >= 15 is 0 Å². The zero-order valence-corrected chi connectivity index (χ0v) is 10.7. The number of halogens is 1. The van der Waals surface area contributed by atoms with Gasteiger partial charge < -0.3 is 4.74 Å². The summed E-state index contributed by atoms with van der Waals surface area (Å²) in [6.07, 6.45) is 1.74. The van der Waals surface area contributed by atoms with Gasteiger partial charge in [-0.3, -0.25) is 10.1 Å². The summed E-state index contributed by atoms with van der Waals surface area (Å²) in [5.74, 6) is -0.180. The Hall–Kier alpha value is -2.69. The third-order valence-corrected chi connectivity index (χ3v) is 2.56. The minimum atomic E-state index is -0.672. The van der Waals surface area contributed by atoms with Gasteiger partial charge in [-0.25, -0.2) is 4.39 Å². The highest BCUT2D eigenvalue weighted by Gasteiger charge is 2.16. The number of hydrogen-bond donors (Lipinski definition) is 0. The number of nitrogens with zero attached hydrogens (tertiary/aromatic N) is 1. The number of rotatable bonds is 4. The Bertz CT molecular complexity index is 653. The summed E-state index contributed by atoms with van der Waals surface area (Å²) in [6.45, 7) is 1.68. The molecule has 0 saturated carbocycles. The van der Waals surface area contributed by atoms with Crippen molar-refractivity contribution in [3.05, 3.63) is 75.8 Å². The lowest BCUT2D eigenvalue weighted by atomic mass is 10.2. The Morgan fingerprint density at radius 1 is 1.25 bits per heavy atom. The molecule has 0 atom stereocenters. The van der Waals surface area contributed by atoms with Gasteiger partial charge in [0.25, 0.3) is 0 Å². The van der Waals surface area contributed by atoms with Gasteiger partial charge in [-0.05, 0) is 30.7 Å². The second-order valence-corrected chi connectivity index (χ2v) is 4.14. The predicted molar refractivity (Wildman–Crippen MR) is 73.8 cm³/mol. The lowest BCUT2D eigenvalue weighted by Crippen LogP contribution is -1.97. The molecule has 0 N–H and O–H groups in total. The fourth-order valence-corrected chi connectivity index (χ4v) is 1.71. The summed E-state index contributed by atoms with van der Waals surface area (Å²) in [6, 6.07) is 12.6. The van der Waals surface area contributed by atoms with Crippen LogP contribution >= 0.6 is 0 Å². The number of nitro benzene ring substituents is 1. The maximum atomic E-state index is 13.0. The van der Waals surface area contributed by atoms with Crippen LogP contribution in [0, 0.1) is 15.9 Å². The minimum absolute atomic E-state index is 0.0149. The van der Waals surface area contributed by atoms with Crippen molar-refractivity contribution in [2.45, 2.75) is 6.92 Å². The fraction of sp³-hybridized carbons (Fsp3) is 0.0667. The highest BCUT2D eigenvalue weighted by atomic mass is 19.1. The molecule has 0 amide bonds. The lowest BCUT2D eigenvalue weighted by Gasteiger charge is -2.06. The molecule has 20 heavy (non-hydrogen) atoms.